The van der Waals surface area contributed by atoms with Crippen molar-refractivity contribution in [2.45, 2.75) is 19.9 Å². The molecule has 2 rings (SSSR count). The Balaban J connectivity index is 1.92. The average Bonchev–Trinajstić information content (AvgIpc) is 3.02. The highest BCUT2D eigenvalue weighted by molar-refractivity contribution is 5.92. The summed E-state index contributed by atoms with van der Waals surface area (Å²) in [6.07, 6.45) is 1.53. The van der Waals surface area contributed by atoms with Gasteiger partial charge in [0, 0.05) is 31.6 Å². The van der Waals surface area contributed by atoms with Crippen LogP contribution in [0.1, 0.15) is 19.1 Å². The van der Waals surface area contributed by atoms with Gasteiger partial charge in [-0.25, -0.2) is 8.78 Å². The van der Waals surface area contributed by atoms with E-state index in [1.807, 2.05) is 0 Å². The number of benzene rings is 1. The van der Waals surface area contributed by atoms with Crippen LogP contribution in [0, 0.1) is 11.6 Å². The predicted octanol–water partition coefficient (Wildman–Crippen LogP) is 2.62. The first kappa shape index (κ1) is 16.7. The second kappa shape index (κ2) is 7.53. The molecule has 1 aromatic carbocycles. The van der Waals surface area contributed by atoms with Gasteiger partial charge in [-0.05, 0) is 24.3 Å². The van der Waals surface area contributed by atoms with Crippen molar-refractivity contribution < 1.29 is 22.8 Å². The Bertz CT molecular complexity index is 687. The van der Waals surface area contributed by atoms with Crippen LogP contribution in [-0.2, 0) is 16.1 Å². The lowest BCUT2D eigenvalue weighted by atomic mass is 10.2. The number of nitrogens with zero attached hydrogens (tertiary/aromatic N) is 1. The van der Waals surface area contributed by atoms with Gasteiger partial charge in [0.05, 0.1) is 12.8 Å². The minimum atomic E-state index is -1.05. The van der Waals surface area contributed by atoms with Crippen LogP contribution in [0.3, 0.4) is 0 Å². The number of furan rings is 1. The van der Waals surface area contributed by atoms with Crippen LogP contribution in [0.25, 0.3) is 0 Å². The van der Waals surface area contributed by atoms with Crippen LogP contribution in [0.15, 0.2) is 41.0 Å². The highest BCUT2D eigenvalue weighted by atomic mass is 19.2. The van der Waals surface area contributed by atoms with Gasteiger partial charge in [0.1, 0.15) is 5.76 Å². The molecule has 23 heavy (non-hydrogen) atoms. The standard InChI is InChI=1S/C16H16F2N2O3/c1-11(21)20(12-4-5-14(17)15(18)9-12)7-6-16(22)19-10-13-3-2-8-23-13/h2-5,8-9H,6-7,10H2,1H3,(H,19,22). The molecular formula is C16H16F2N2O3. The lowest BCUT2D eigenvalue weighted by Gasteiger charge is -2.21. The summed E-state index contributed by atoms with van der Waals surface area (Å²) >= 11 is 0. The van der Waals surface area contributed by atoms with Crippen LogP contribution >= 0.6 is 0 Å². The van der Waals surface area contributed by atoms with Crippen LogP contribution in [0.2, 0.25) is 0 Å². The van der Waals surface area contributed by atoms with Crippen LogP contribution in [-0.4, -0.2) is 18.4 Å². The third-order valence-corrected chi connectivity index (χ3v) is 3.20. The summed E-state index contributed by atoms with van der Waals surface area (Å²) in [5, 5.41) is 2.65. The zero-order chi connectivity index (χ0) is 16.8. The molecule has 0 bridgehead atoms. The molecule has 0 radical (unpaired) electrons. The topological polar surface area (TPSA) is 62.6 Å². The lowest BCUT2D eigenvalue weighted by Crippen LogP contribution is -2.33. The zero-order valence-corrected chi connectivity index (χ0v) is 12.5. The SMILES string of the molecule is CC(=O)N(CCC(=O)NCc1ccco1)c1ccc(F)c(F)c1. The molecule has 1 N–H and O–H groups in total. The fraction of sp³-hybridized carbons (Fsp3) is 0.250. The Morgan fingerprint density at radius 3 is 2.61 bits per heavy atom. The maximum absolute atomic E-state index is 13.3. The Morgan fingerprint density at radius 1 is 1.22 bits per heavy atom. The summed E-state index contributed by atoms with van der Waals surface area (Å²) in [6, 6.07) is 6.60. The van der Waals surface area contributed by atoms with Crippen LogP contribution in [0.4, 0.5) is 14.5 Å². The van der Waals surface area contributed by atoms with Gasteiger partial charge < -0.3 is 14.6 Å². The highest BCUT2D eigenvalue weighted by Gasteiger charge is 2.15. The first-order valence-corrected chi connectivity index (χ1v) is 6.99. The molecule has 1 aromatic heterocycles. The van der Waals surface area contributed by atoms with Crippen LogP contribution < -0.4 is 10.2 Å². The van der Waals surface area contributed by atoms with Crippen molar-refractivity contribution >= 4 is 17.5 Å². The fourth-order valence-corrected chi connectivity index (χ4v) is 2.02. The second-order valence-electron chi connectivity index (χ2n) is 4.88. The zero-order valence-electron chi connectivity index (χ0n) is 12.5. The summed E-state index contributed by atoms with van der Waals surface area (Å²) in [4.78, 5) is 24.7. The normalized spacial score (nSPS) is 10.4. The van der Waals surface area contributed by atoms with E-state index in [1.165, 1.54) is 24.2 Å². The third kappa shape index (κ3) is 4.64. The Labute approximate surface area is 131 Å². The molecule has 0 aliphatic carbocycles. The van der Waals surface area contributed by atoms with Crippen molar-refractivity contribution in [3.05, 3.63) is 54.0 Å². The molecular weight excluding hydrogens is 306 g/mol. The summed E-state index contributed by atoms with van der Waals surface area (Å²) in [5.41, 5.74) is 0.204. The maximum Gasteiger partial charge on any atom is 0.223 e. The van der Waals surface area contributed by atoms with Crippen molar-refractivity contribution in [3.8, 4) is 0 Å². The van der Waals surface area contributed by atoms with Gasteiger partial charge in [-0.1, -0.05) is 0 Å². The van der Waals surface area contributed by atoms with E-state index in [1.54, 1.807) is 12.1 Å². The lowest BCUT2D eigenvalue weighted by molar-refractivity contribution is -0.121. The van der Waals surface area contributed by atoms with E-state index in [-0.39, 0.29) is 37.0 Å². The van der Waals surface area contributed by atoms with Crippen molar-refractivity contribution in [2.75, 3.05) is 11.4 Å². The van der Waals surface area contributed by atoms with Gasteiger partial charge in [0.15, 0.2) is 11.6 Å². The van der Waals surface area contributed by atoms with Gasteiger partial charge >= 0.3 is 0 Å². The number of hydrogen-bond acceptors (Lipinski definition) is 3. The molecule has 2 amide bonds. The highest BCUT2D eigenvalue weighted by Crippen LogP contribution is 2.18. The van der Waals surface area contributed by atoms with Crippen molar-refractivity contribution in [3.63, 3.8) is 0 Å². The van der Waals surface area contributed by atoms with Gasteiger partial charge in [-0.2, -0.15) is 0 Å². The predicted molar refractivity (Wildman–Crippen MR) is 79.6 cm³/mol. The molecule has 0 saturated heterocycles. The van der Waals surface area contributed by atoms with E-state index in [0.29, 0.717) is 5.76 Å². The molecule has 5 nitrogen and oxygen atoms in total. The molecule has 1 heterocycles. The van der Waals surface area contributed by atoms with Crippen molar-refractivity contribution in [1.82, 2.24) is 5.32 Å². The minimum Gasteiger partial charge on any atom is -0.467 e. The molecule has 0 spiro atoms. The maximum atomic E-state index is 13.3. The van der Waals surface area contributed by atoms with Gasteiger partial charge in [-0.15, -0.1) is 0 Å². The molecule has 7 heteroatoms. The smallest absolute Gasteiger partial charge is 0.223 e. The quantitative estimate of drug-likeness (QED) is 0.889. The summed E-state index contributed by atoms with van der Waals surface area (Å²) in [7, 11) is 0. The largest absolute Gasteiger partial charge is 0.467 e. The molecule has 0 atom stereocenters. The van der Waals surface area contributed by atoms with Gasteiger partial charge in [0.25, 0.3) is 0 Å². The summed E-state index contributed by atoms with van der Waals surface area (Å²) < 4.78 is 31.3. The first-order valence-electron chi connectivity index (χ1n) is 6.99. The Hall–Kier alpha value is -2.70. The molecule has 2 aromatic rings. The number of hydrogen-bond donors (Lipinski definition) is 1. The average molecular weight is 322 g/mol. The molecule has 0 unspecified atom stereocenters. The molecule has 122 valence electrons. The number of rotatable bonds is 6. The van der Waals surface area contributed by atoms with Crippen molar-refractivity contribution in [2.24, 2.45) is 0 Å². The third-order valence-electron chi connectivity index (χ3n) is 3.20. The van der Waals surface area contributed by atoms with E-state index in [0.717, 1.165) is 12.1 Å². The van der Waals surface area contributed by atoms with Crippen LogP contribution in [0.5, 0.6) is 0 Å². The van der Waals surface area contributed by atoms with E-state index >= 15 is 0 Å². The fourth-order valence-electron chi connectivity index (χ4n) is 2.02. The summed E-state index contributed by atoms with van der Waals surface area (Å²) in [6.45, 7) is 1.60. The van der Waals surface area contributed by atoms with E-state index in [2.05, 4.69) is 5.32 Å². The number of amides is 2. The minimum absolute atomic E-state index is 0.0271. The Morgan fingerprint density at radius 2 is 2.00 bits per heavy atom. The van der Waals surface area contributed by atoms with E-state index in [9.17, 15) is 18.4 Å². The molecule has 0 saturated carbocycles. The van der Waals surface area contributed by atoms with Crippen molar-refractivity contribution in [1.29, 1.82) is 0 Å². The number of anilines is 1. The number of carbonyl (C=O) groups excluding carboxylic acids is 2. The second-order valence-corrected chi connectivity index (χ2v) is 4.88. The molecule has 0 aliphatic rings. The number of halogens is 2. The van der Waals surface area contributed by atoms with Gasteiger partial charge in [-0.3, -0.25) is 9.59 Å². The molecule has 0 aliphatic heterocycles. The number of carbonyl (C=O) groups is 2. The van der Waals surface area contributed by atoms with E-state index in [4.69, 9.17) is 4.42 Å². The molecule has 0 fully saturated rings. The van der Waals surface area contributed by atoms with E-state index < -0.39 is 11.6 Å². The number of nitrogens with one attached hydrogen (secondary N) is 1. The monoisotopic (exact) mass is 322 g/mol. The summed E-state index contributed by atoms with van der Waals surface area (Å²) in [5.74, 6) is -2.07. The van der Waals surface area contributed by atoms with Gasteiger partial charge in [0.2, 0.25) is 11.8 Å². The first-order chi connectivity index (χ1) is 11.0. The Kier molecular flexibility index (Phi) is 5.46.